The Bertz CT molecular complexity index is 610. The summed E-state index contributed by atoms with van der Waals surface area (Å²) in [4.78, 5) is 25.3. The van der Waals surface area contributed by atoms with Gasteiger partial charge in [-0.25, -0.2) is 9.59 Å². The minimum Gasteiger partial charge on any atom is -0.459 e. The van der Waals surface area contributed by atoms with Crippen LogP contribution in [0.2, 0.25) is 0 Å². The Labute approximate surface area is 149 Å². The molecule has 3 rings (SSSR count). The van der Waals surface area contributed by atoms with E-state index in [9.17, 15) is 9.59 Å². The zero-order valence-corrected chi connectivity index (χ0v) is 15.1. The third-order valence-electron chi connectivity index (χ3n) is 5.44. The van der Waals surface area contributed by atoms with Crippen LogP contribution < -0.4 is 0 Å². The molecule has 0 heterocycles. The number of ether oxygens (including phenoxy) is 2. The molecule has 0 bridgehead atoms. The second-order valence-corrected chi connectivity index (χ2v) is 7.61. The Morgan fingerprint density at radius 3 is 2.08 bits per heavy atom. The molecule has 0 unspecified atom stereocenters. The summed E-state index contributed by atoms with van der Waals surface area (Å²) in [6.07, 6.45) is 10.3. The normalized spacial score (nSPS) is 20.7. The van der Waals surface area contributed by atoms with Crippen molar-refractivity contribution < 1.29 is 19.1 Å². The fourth-order valence-electron chi connectivity index (χ4n) is 3.92. The number of rotatable bonds is 4. The molecule has 25 heavy (non-hydrogen) atoms. The van der Waals surface area contributed by atoms with Gasteiger partial charge in [-0.2, -0.15) is 0 Å². The van der Waals surface area contributed by atoms with Gasteiger partial charge in [0.05, 0.1) is 11.1 Å². The number of carbonyl (C=O) groups excluding carboxylic acids is 2. The van der Waals surface area contributed by atoms with Crippen LogP contribution >= 0.6 is 0 Å². The molecule has 4 heteroatoms. The van der Waals surface area contributed by atoms with E-state index < -0.39 is 17.5 Å². The number of carbonyl (C=O) groups is 2. The summed E-state index contributed by atoms with van der Waals surface area (Å²) >= 11 is 0. The molecule has 0 amide bonds. The van der Waals surface area contributed by atoms with Gasteiger partial charge in [-0.3, -0.25) is 0 Å². The van der Waals surface area contributed by atoms with Crippen molar-refractivity contribution in [2.45, 2.75) is 82.8 Å². The molecule has 136 valence electrons. The monoisotopic (exact) mass is 344 g/mol. The van der Waals surface area contributed by atoms with Crippen LogP contribution in [0.4, 0.5) is 0 Å². The smallest absolute Gasteiger partial charge is 0.339 e. The lowest BCUT2D eigenvalue weighted by molar-refractivity contribution is -0.0273. The van der Waals surface area contributed by atoms with Crippen LogP contribution in [0.1, 0.15) is 91.8 Å². The fourth-order valence-corrected chi connectivity index (χ4v) is 3.92. The van der Waals surface area contributed by atoms with E-state index in [2.05, 4.69) is 0 Å². The van der Waals surface area contributed by atoms with Gasteiger partial charge in [0, 0.05) is 0 Å². The van der Waals surface area contributed by atoms with Gasteiger partial charge in [-0.1, -0.05) is 25.0 Å². The minimum atomic E-state index is -0.421. The third-order valence-corrected chi connectivity index (χ3v) is 5.44. The molecule has 0 aliphatic heterocycles. The van der Waals surface area contributed by atoms with Crippen LogP contribution in [0.15, 0.2) is 24.3 Å². The van der Waals surface area contributed by atoms with Crippen LogP contribution in [-0.4, -0.2) is 23.6 Å². The largest absolute Gasteiger partial charge is 0.459 e. The Kier molecular flexibility index (Phi) is 5.77. The van der Waals surface area contributed by atoms with Gasteiger partial charge in [0.1, 0.15) is 11.7 Å². The van der Waals surface area contributed by atoms with Crippen LogP contribution in [0.5, 0.6) is 0 Å². The molecular weight excluding hydrogens is 316 g/mol. The molecule has 1 aromatic rings. The summed E-state index contributed by atoms with van der Waals surface area (Å²) in [6, 6.07) is 6.84. The number of hydrogen-bond donors (Lipinski definition) is 0. The van der Waals surface area contributed by atoms with Crippen LogP contribution in [-0.2, 0) is 9.47 Å². The lowest BCUT2D eigenvalue weighted by Crippen LogP contribution is -2.34. The van der Waals surface area contributed by atoms with Crippen LogP contribution in [0, 0.1) is 0 Å². The van der Waals surface area contributed by atoms with Crippen molar-refractivity contribution in [1.29, 1.82) is 0 Å². The molecule has 2 aliphatic rings. The zero-order valence-electron chi connectivity index (χ0n) is 15.1. The van der Waals surface area contributed by atoms with Gasteiger partial charge < -0.3 is 9.47 Å². The second-order valence-electron chi connectivity index (χ2n) is 7.61. The highest BCUT2D eigenvalue weighted by Gasteiger charge is 2.32. The Morgan fingerprint density at radius 1 is 0.880 bits per heavy atom. The molecule has 0 spiro atoms. The van der Waals surface area contributed by atoms with Gasteiger partial charge in [-0.05, 0) is 70.4 Å². The first-order valence-corrected chi connectivity index (χ1v) is 9.61. The molecule has 0 aromatic heterocycles. The highest BCUT2D eigenvalue weighted by atomic mass is 16.6. The summed E-state index contributed by atoms with van der Waals surface area (Å²) in [5.74, 6) is -0.825. The fraction of sp³-hybridized carbons (Fsp3) is 0.619. The summed E-state index contributed by atoms with van der Waals surface area (Å²) in [5.41, 5.74) is 0.211. The van der Waals surface area contributed by atoms with E-state index in [-0.39, 0.29) is 6.10 Å². The van der Waals surface area contributed by atoms with Crippen LogP contribution in [0.25, 0.3) is 0 Å². The maximum absolute atomic E-state index is 12.7. The van der Waals surface area contributed by atoms with Gasteiger partial charge in [-0.15, -0.1) is 0 Å². The average molecular weight is 344 g/mol. The Morgan fingerprint density at radius 2 is 1.44 bits per heavy atom. The molecule has 1 aromatic carbocycles. The Hall–Kier alpha value is -1.84. The third kappa shape index (κ3) is 4.62. The van der Waals surface area contributed by atoms with E-state index in [0.29, 0.717) is 11.1 Å². The van der Waals surface area contributed by atoms with Gasteiger partial charge in [0.2, 0.25) is 0 Å². The zero-order chi connectivity index (χ0) is 17.7. The minimum absolute atomic E-state index is 0.0267. The Balaban J connectivity index is 1.71. The topological polar surface area (TPSA) is 52.6 Å². The molecule has 2 saturated carbocycles. The van der Waals surface area contributed by atoms with E-state index in [1.54, 1.807) is 24.3 Å². The van der Waals surface area contributed by atoms with Gasteiger partial charge >= 0.3 is 11.9 Å². The SMILES string of the molecule is CC1(OC(=O)c2ccccc2C(=O)OC2CCCCC2)CCCCC1. The lowest BCUT2D eigenvalue weighted by atomic mass is 9.86. The maximum atomic E-state index is 12.7. The summed E-state index contributed by atoms with van der Waals surface area (Å²) in [6.45, 7) is 1.99. The first-order valence-electron chi connectivity index (χ1n) is 9.61. The summed E-state index contributed by atoms with van der Waals surface area (Å²) in [7, 11) is 0. The average Bonchev–Trinajstić information content (AvgIpc) is 2.63. The van der Waals surface area contributed by atoms with Crippen molar-refractivity contribution in [2.24, 2.45) is 0 Å². The van der Waals surface area contributed by atoms with Gasteiger partial charge in [0.25, 0.3) is 0 Å². The van der Waals surface area contributed by atoms with E-state index >= 15 is 0 Å². The van der Waals surface area contributed by atoms with Crippen molar-refractivity contribution in [1.82, 2.24) is 0 Å². The number of benzene rings is 1. The predicted octanol–water partition coefficient (Wildman–Crippen LogP) is 5.06. The highest BCUT2D eigenvalue weighted by Crippen LogP contribution is 2.32. The number of hydrogen-bond acceptors (Lipinski definition) is 4. The van der Waals surface area contributed by atoms with Crippen molar-refractivity contribution >= 4 is 11.9 Å². The second kappa shape index (κ2) is 8.03. The van der Waals surface area contributed by atoms with E-state index in [1.807, 2.05) is 6.92 Å². The first-order chi connectivity index (χ1) is 12.1. The summed E-state index contributed by atoms with van der Waals surface area (Å²) in [5, 5.41) is 0. The van der Waals surface area contributed by atoms with Crippen molar-refractivity contribution in [3.05, 3.63) is 35.4 Å². The van der Waals surface area contributed by atoms with Gasteiger partial charge in [0.15, 0.2) is 0 Å². The van der Waals surface area contributed by atoms with Crippen molar-refractivity contribution in [3.8, 4) is 0 Å². The first kappa shape index (κ1) is 18.0. The predicted molar refractivity (Wildman–Crippen MR) is 95.6 cm³/mol. The molecule has 2 fully saturated rings. The van der Waals surface area contributed by atoms with E-state index in [0.717, 1.165) is 51.4 Å². The standard InChI is InChI=1S/C21H28O4/c1-21(14-8-3-9-15-21)25-20(23)18-13-7-6-12-17(18)19(22)24-16-10-4-2-5-11-16/h6-7,12-13,16H,2-5,8-11,14-15H2,1H3. The maximum Gasteiger partial charge on any atom is 0.339 e. The molecule has 0 radical (unpaired) electrons. The van der Waals surface area contributed by atoms with E-state index in [1.165, 1.54) is 12.8 Å². The molecule has 0 N–H and O–H groups in total. The van der Waals surface area contributed by atoms with Crippen molar-refractivity contribution in [3.63, 3.8) is 0 Å². The molecular formula is C21H28O4. The molecule has 2 aliphatic carbocycles. The summed E-state index contributed by atoms with van der Waals surface area (Å²) < 4.78 is 11.4. The molecule has 0 atom stereocenters. The molecule has 4 nitrogen and oxygen atoms in total. The quantitative estimate of drug-likeness (QED) is 0.717. The lowest BCUT2D eigenvalue weighted by Gasteiger charge is -2.33. The molecule has 0 saturated heterocycles. The highest BCUT2D eigenvalue weighted by molar-refractivity contribution is 6.03. The van der Waals surface area contributed by atoms with E-state index in [4.69, 9.17) is 9.47 Å². The van der Waals surface area contributed by atoms with Crippen molar-refractivity contribution in [2.75, 3.05) is 0 Å². The van der Waals surface area contributed by atoms with Crippen LogP contribution in [0.3, 0.4) is 0 Å². The number of esters is 2.